The van der Waals surface area contributed by atoms with Gasteiger partial charge in [-0.3, -0.25) is 9.59 Å². The highest BCUT2D eigenvalue weighted by molar-refractivity contribution is 5.93. The molecule has 238 valence electrons. The van der Waals surface area contributed by atoms with Crippen LogP contribution in [0, 0.1) is 6.92 Å². The van der Waals surface area contributed by atoms with Crippen LogP contribution in [0.25, 0.3) is 11.5 Å². The fourth-order valence-corrected chi connectivity index (χ4v) is 5.08. The summed E-state index contributed by atoms with van der Waals surface area (Å²) in [6.45, 7) is 4.68. The molecule has 0 aliphatic carbocycles. The summed E-state index contributed by atoms with van der Waals surface area (Å²) in [5.74, 6) is -0.0356. The molecule has 3 rings (SSSR count). The third-order valence-corrected chi connectivity index (χ3v) is 7.65. The van der Waals surface area contributed by atoms with Crippen LogP contribution in [-0.4, -0.2) is 52.5 Å². The van der Waals surface area contributed by atoms with Crippen molar-refractivity contribution in [3.8, 4) is 17.2 Å². The van der Waals surface area contributed by atoms with Gasteiger partial charge in [0.05, 0.1) is 7.11 Å². The summed E-state index contributed by atoms with van der Waals surface area (Å²) in [4.78, 5) is 44.2. The highest BCUT2D eigenvalue weighted by atomic mass is 16.5. The van der Waals surface area contributed by atoms with Gasteiger partial charge >= 0.3 is 5.97 Å². The van der Waals surface area contributed by atoms with E-state index in [-0.39, 0.29) is 23.9 Å². The minimum atomic E-state index is -1.04. The molecule has 0 bridgehead atoms. The number of hydrogen-bond acceptors (Lipinski definition) is 6. The molecule has 0 saturated carbocycles. The highest BCUT2D eigenvalue weighted by Crippen LogP contribution is 2.25. The van der Waals surface area contributed by atoms with Crippen LogP contribution in [-0.2, 0) is 16.1 Å². The lowest BCUT2D eigenvalue weighted by atomic mass is 10.1. The molecule has 0 spiro atoms. The molecule has 44 heavy (non-hydrogen) atoms. The Morgan fingerprint density at radius 2 is 1.61 bits per heavy atom. The molecule has 2 amide bonds. The summed E-state index contributed by atoms with van der Waals surface area (Å²) in [5.41, 5.74) is 1.95. The van der Waals surface area contributed by atoms with Crippen molar-refractivity contribution in [3.05, 3.63) is 71.6 Å². The summed E-state index contributed by atoms with van der Waals surface area (Å²) in [6.07, 6.45) is 9.42. The van der Waals surface area contributed by atoms with Gasteiger partial charge in [0.15, 0.2) is 5.69 Å². The normalized spacial score (nSPS) is 11.6. The SMILES string of the molecule is CCCCCCCCCC(=O)NC(CCCCN(Cc1ccccc1)C(=O)c1nc(-c2ccc(OC)cc2)oc1C)C(=O)O. The molecule has 2 aromatic carbocycles. The fourth-order valence-electron chi connectivity index (χ4n) is 5.08. The highest BCUT2D eigenvalue weighted by Gasteiger charge is 2.25. The first kappa shape index (κ1) is 34.4. The van der Waals surface area contributed by atoms with Crippen molar-refractivity contribution in [2.45, 2.75) is 97.1 Å². The number of aliphatic carboxylic acids is 1. The van der Waals surface area contributed by atoms with Crippen LogP contribution in [0.15, 0.2) is 59.0 Å². The first-order valence-electron chi connectivity index (χ1n) is 15.8. The standard InChI is InChI=1S/C35H47N3O6/c1-4-5-6-7-8-9-13-19-31(39)36-30(35(41)42)18-14-15-24-38(25-27-16-11-10-12-17-27)34(40)32-26(2)44-33(37-32)28-20-22-29(43-3)23-21-28/h10-12,16-17,20-23,30H,4-9,13-15,18-19,24-25H2,1-3H3,(H,36,39)(H,41,42). The zero-order chi connectivity index (χ0) is 31.7. The van der Waals surface area contributed by atoms with Gasteiger partial charge in [-0.05, 0) is 62.4 Å². The Bertz CT molecular complexity index is 1310. The first-order chi connectivity index (χ1) is 21.3. The van der Waals surface area contributed by atoms with E-state index in [9.17, 15) is 19.5 Å². The maximum Gasteiger partial charge on any atom is 0.326 e. The van der Waals surface area contributed by atoms with Crippen molar-refractivity contribution in [1.82, 2.24) is 15.2 Å². The fraction of sp³-hybridized carbons (Fsp3) is 0.486. The lowest BCUT2D eigenvalue weighted by Crippen LogP contribution is -2.40. The van der Waals surface area contributed by atoms with E-state index in [1.54, 1.807) is 31.1 Å². The third kappa shape index (κ3) is 11.2. The second-order valence-electron chi connectivity index (χ2n) is 11.2. The van der Waals surface area contributed by atoms with Gasteiger partial charge in [0.25, 0.3) is 5.91 Å². The minimum Gasteiger partial charge on any atom is -0.497 e. The predicted molar refractivity (Wildman–Crippen MR) is 170 cm³/mol. The molecule has 9 heteroatoms. The van der Waals surface area contributed by atoms with Gasteiger partial charge in [-0.15, -0.1) is 0 Å². The summed E-state index contributed by atoms with van der Waals surface area (Å²) in [7, 11) is 1.60. The molecule has 3 aromatic rings. The minimum absolute atomic E-state index is 0.221. The maximum absolute atomic E-state index is 13.7. The Morgan fingerprint density at radius 3 is 2.27 bits per heavy atom. The van der Waals surface area contributed by atoms with Crippen molar-refractivity contribution >= 4 is 17.8 Å². The lowest BCUT2D eigenvalue weighted by Gasteiger charge is -2.23. The number of benzene rings is 2. The topological polar surface area (TPSA) is 122 Å². The zero-order valence-electron chi connectivity index (χ0n) is 26.3. The number of carboxylic acids is 1. The summed E-state index contributed by atoms with van der Waals surface area (Å²) < 4.78 is 11.1. The lowest BCUT2D eigenvalue weighted by molar-refractivity contribution is -0.142. The van der Waals surface area contributed by atoms with E-state index in [1.807, 2.05) is 42.5 Å². The molecule has 1 unspecified atom stereocenters. The number of aryl methyl sites for hydroxylation is 1. The Labute approximate surface area is 261 Å². The van der Waals surface area contributed by atoms with Gasteiger partial charge in [0.1, 0.15) is 17.6 Å². The van der Waals surface area contributed by atoms with Crippen molar-refractivity contribution < 1.29 is 28.6 Å². The zero-order valence-corrected chi connectivity index (χ0v) is 26.3. The van der Waals surface area contributed by atoms with Crippen LogP contribution in [0.3, 0.4) is 0 Å². The van der Waals surface area contributed by atoms with E-state index < -0.39 is 12.0 Å². The Kier molecular flexibility index (Phi) is 14.4. The molecular weight excluding hydrogens is 558 g/mol. The molecule has 0 radical (unpaired) electrons. The number of hydrogen-bond donors (Lipinski definition) is 2. The van der Waals surface area contributed by atoms with Crippen LogP contribution in [0.4, 0.5) is 0 Å². The predicted octanol–water partition coefficient (Wildman–Crippen LogP) is 7.18. The molecule has 1 atom stereocenters. The second kappa shape index (κ2) is 18.5. The van der Waals surface area contributed by atoms with Crippen LogP contribution < -0.4 is 10.1 Å². The smallest absolute Gasteiger partial charge is 0.326 e. The number of carbonyl (C=O) groups excluding carboxylic acids is 2. The number of oxazole rings is 1. The van der Waals surface area contributed by atoms with E-state index >= 15 is 0 Å². The number of aromatic nitrogens is 1. The number of carboxylic acid groups (broad SMARTS) is 1. The van der Waals surface area contributed by atoms with E-state index in [4.69, 9.17) is 9.15 Å². The number of ether oxygens (including phenoxy) is 1. The van der Waals surface area contributed by atoms with Gasteiger partial charge in [0.2, 0.25) is 11.8 Å². The molecule has 2 N–H and O–H groups in total. The number of nitrogens with one attached hydrogen (secondary N) is 1. The van der Waals surface area contributed by atoms with E-state index in [1.165, 1.54) is 25.7 Å². The first-order valence-corrected chi connectivity index (χ1v) is 15.8. The van der Waals surface area contributed by atoms with Gasteiger partial charge < -0.3 is 24.5 Å². The molecule has 0 fully saturated rings. The van der Waals surface area contributed by atoms with Crippen molar-refractivity contribution in [3.63, 3.8) is 0 Å². The van der Waals surface area contributed by atoms with Crippen molar-refractivity contribution in [1.29, 1.82) is 0 Å². The molecule has 0 saturated heterocycles. The monoisotopic (exact) mass is 605 g/mol. The Hall–Kier alpha value is -4.14. The average molecular weight is 606 g/mol. The largest absolute Gasteiger partial charge is 0.497 e. The van der Waals surface area contributed by atoms with Gasteiger partial charge in [-0.25, -0.2) is 9.78 Å². The van der Waals surface area contributed by atoms with E-state index in [2.05, 4.69) is 17.2 Å². The molecule has 1 aromatic heterocycles. The molecular formula is C35H47N3O6. The van der Waals surface area contributed by atoms with Crippen LogP contribution in [0.5, 0.6) is 5.75 Å². The van der Waals surface area contributed by atoms with Crippen LogP contribution in [0.2, 0.25) is 0 Å². The van der Waals surface area contributed by atoms with E-state index in [0.29, 0.717) is 49.8 Å². The van der Waals surface area contributed by atoms with Gasteiger partial charge in [-0.1, -0.05) is 75.8 Å². The van der Waals surface area contributed by atoms with Crippen LogP contribution >= 0.6 is 0 Å². The quantitative estimate of drug-likeness (QED) is 0.131. The summed E-state index contributed by atoms with van der Waals surface area (Å²) >= 11 is 0. The Morgan fingerprint density at radius 1 is 0.932 bits per heavy atom. The van der Waals surface area contributed by atoms with Crippen molar-refractivity contribution in [2.24, 2.45) is 0 Å². The average Bonchev–Trinajstić information content (AvgIpc) is 3.42. The summed E-state index contributed by atoms with van der Waals surface area (Å²) in [5, 5.41) is 12.4. The number of amides is 2. The number of rotatable bonds is 20. The second-order valence-corrected chi connectivity index (χ2v) is 11.2. The van der Waals surface area contributed by atoms with Gasteiger partial charge in [-0.2, -0.15) is 0 Å². The molecule has 1 heterocycles. The maximum atomic E-state index is 13.7. The third-order valence-electron chi connectivity index (χ3n) is 7.65. The van der Waals surface area contributed by atoms with Crippen molar-refractivity contribution in [2.75, 3.05) is 13.7 Å². The number of nitrogens with zero attached hydrogens (tertiary/aromatic N) is 2. The number of unbranched alkanes of at least 4 members (excludes halogenated alkanes) is 7. The van der Waals surface area contributed by atoms with Crippen LogP contribution in [0.1, 0.15) is 99.4 Å². The van der Waals surface area contributed by atoms with Gasteiger partial charge in [0, 0.05) is 25.1 Å². The molecule has 9 nitrogen and oxygen atoms in total. The Balaban J connectivity index is 1.57. The number of carbonyl (C=O) groups is 3. The van der Waals surface area contributed by atoms with E-state index in [0.717, 1.165) is 30.4 Å². The summed E-state index contributed by atoms with van der Waals surface area (Å²) in [6, 6.07) is 16.0. The number of methoxy groups -OCH3 is 1. The molecule has 0 aliphatic rings. The molecule has 0 aliphatic heterocycles.